The first-order valence-electron chi connectivity index (χ1n) is 7.32. The third-order valence-corrected chi connectivity index (χ3v) is 6.18. The summed E-state index contributed by atoms with van der Waals surface area (Å²) in [5, 5.41) is 6.73. The minimum absolute atomic E-state index is 0.0252. The normalized spacial score (nSPS) is 24.9. The Hall–Kier alpha value is -0.720. The van der Waals surface area contributed by atoms with Gasteiger partial charge in [0.2, 0.25) is 5.91 Å². The van der Waals surface area contributed by atoms with Gasteiger partial charge in [-0.05, 0) is 41.5 Å². The van der Waals surface area contributed by atoms with Gasteiger partial charge in [-0.2, -0.15) is 11.8 Å². The molecule has 0 bridgehead atoms. The number of anilines is 2. The lowest BCUT2D eigenvalue weighted by molar-refractivity contribution is -0.117. The van der Waals surface area contributed by atoms with E-state index in [0.29, 0.717) is 5.25 Å². The number of hydrogen-bond acceptors (Lipinski definition) is 4. The lowest BCUT2D eigenvalue weighted by atomic mass is 10.1. The Bertz CT molecular complexity index is 566. The van der Waals surface area contributed by atoms with E-state index in [-0.39, 0.29) is 11.9 Å². The summed E-state index contributed by atoms with van der Waals surface area (Å²) in [4.78, 5) is 14.4. The Morgan fingerprint density at radius 2 is 2.33 bits per heavy atom. The van der Waals surface area contributed by atoms with Crippen LogP contribution in [-0.2, 0) is 4.79 Å². The summed E-state index contributed by atoms with van der Waals surface area (Å²) in [6.07, 6.45) is 1.20. The molecule has 0 spiro atoms. The quantitative estimate of drug-likeness (QED) is 0.859. The molecular weight excluding hydrogens is 350 g/mol. The van der Waals surface area contributed by atoms with Gasteiger partial charge in [0, 0.05) is 39.8 Å². The van der Waals surface area contributed by atoms with Crippen molar-refractivity contribution in [2.45, 2.75) is 24.6 Å². The molecule has 114 valence electrons. The number of nitrogens with one attached hydrogen (secondary N) is 2. The average molecular weight is 370 g/mol. The molecule has 1 fully saturated rings. The van der Waals surface area contributed by atoms with Crippen molar-refractivity contribution in [3.8, 4) is 0 Å². The molecule has 0 radical (unpaired) electrons. The topological polar surface area (TPSA) is 44.4 Å². The summed E-state index contributed by atoms with van der Waals surface area (Å²) in [5.41, 5.74) is 3.14. The Labute approximate surface area is 138 Å². The molecule has 4 nitrogen and oxygen atoms in total. The molecule has 2 heterocycles. The van der Waals surface area contributed by atoms with Gasteiger partial charge in [-0.3, -0.25) is 4.79 Å². The SMILES string of the molecule is CCC1CN(c2cc3c(cc2Br)C(NC)C(=O)N3)CCS1. The maximum atomic E-state index is 12.0. The Morgan fingerprint density at radius 3 is 3.05 bits per heavy atom. The van der Waals surface area contributed by atoms with Gasteiger partial charge < -0.3 is 15.5 Å². The van der Waals surface area contributed by atoms with E-state index in [1.54, 1.807) is 0 Å². The predicted molar refractivity (Wildman–Crippen MR) is 93.3 cm³/mol. The number of thioether (sulfide) groups is 1. The van der Waals surface area contributed by atoms with Gasteiger partial charge in [0.15, 0.2) is 0 Å². The van der Waals surface area contributed by atoms with Crippen LogP contribution in [0.25, 0.3) is 0 Å². The van der Waals surface area contributed by atoms with E-state index in [4.69, 9.17) is 0 Å². The van der Waals surface area contributed by atoms with Crippen molar-refractivity contribution < 1.29 is 4.79 Å². The number of nitrogens with zero attached hydrogens (tertiary/aromatic N) is 1. The molecule has 0 aromatic heterocycles. The molecule has 2 unspecified atom stereocenters. The fraction of sp³-hybridized carbons (Fsp3) is 0.533. The largest absolute Gasteiger partial charge is 0.369 e. The van der Waals surface area contributed by atoms with Crippen LogP contribution in [0.15, 0.2) is 16.6 Å². The third-order valence-electron chi connectivity index (χ3n) is 4.17. The van der Waals surface area contributed by atoms with Crippen LogP contribution in [0.1, 0.15) is 24.9 Å². The lowest BCUT2D eigenvalue weighted by Gasteiger charge is -2.34. The number of halogens is 1. The van der Waals surface area contributed by atoms with E-state index < -0.39 is 0 Å². The summed E-state index contributed by atoms with van der Waals surface area (Å²) in [5.74, 6) is 1.19. The summed E-state index contributed by atoms with van der Waals surface area (Å²) in [7, 11) is 1.81. The maximum Gasteiger partial charge on any atom is 0.246 e. The fourth-order valence-electron chi connectivity index (χ4n) is 2.98. The number of likely N-dealkylation sites (N-methyl/N-ethyl adjacent to an activating group) is 1. The Balaban J connectivity index is 1.91. The van der Waals surface area contributed by atoms with Crippen LogP contribution in [-0.4, -0.2) is 37.0 Å². The zero-order valence-electron chi connectivity index (χ0n) is 12.3. The van der Waals surface area contributed by atoms with E-state index in [2.05, 4.69) is 62.3 Å². The molecule has 2 atom stereocenters. The molecule has 1 saturated heterocycles. The smallest absolute Gasteiger partial charge is 0.246 e. The molecule has 2 aliphatic rings. The Morgan fingerprint density at radius 1 is 1.52 bits per heavy atom. The first-order valence-corrected chi connectivity index (χ1v) is 9.16. The average Bonchev–Trinajstić information content (AvgIpc) is 2.80. The van der Waals surface area contributed by atoms with Gasteiger partial charge in [-0.25, -0.2) is 0 Å². The van der Waals surface area contributed by atoms with Crippen molar-refractivity contribution >= 4 is 45.0 Å². The van der Waals surface area contributed by atoms with E-state index in [9.17, 15) is 4.79 Å². The van der Waals surface area contributed by atoms with Crippen molar-refractivity contribution in [3.05, 3.63) is 22.2 Å². The van der Waals surface area contributed by atoms with Crippen LogP contribution in [0.5, 0.6) is 0 Å². The van der Waals surface area contributed by atoms with Crippen molar-refractivity contribution in [2.75, 3.05) is 36.1 Å². The highest BCUT2D eigenvalue weighted by Crippen LogP contribution is 2.40. The second kappa shape index (κ2) is 6.18. The number of carbonyl (C=O) groups is 1. The van der Waals surface area contributed by atoms with Crippen LogP contribution < -0.4 is 15.5 Å². The molecular formula is C15H20BrN3OS. The monoisotopic (exact) mass is 369 g/mol. The van der Waals surface area contributed by atoms with E-state index >= 15 is 0 Å². The summed E-state index contributed by atoms with van der Waals surface area (Å²) >= 11 is 5.75. The van der Waals surface area contributed by atoms with Crippen LogP contribution in [0.2, 0.25) is 0 Å². The standard InChI is InChI=1S/C15H20BrN3OS/c1-3-9-8-19(4-5-21-9)13-7-12-10(6-11(13)16)14(17-2)15(20)18-12/h6-7,9,14,17H,3-5,8H2,1-2H3,(H,18,20). The van der Waals surface area contributed by atoms with E-state index in [1.165, 1.54) is 12.1 Å². The molecule has 6 heteroatoms. The molecule has 1 aromatic rings. The number of carbonyl (C=O) groups excluding carboxylic acids is 1. The Kier molecular flexibility index (Phi) is 4.47. The van der Waals surface area contributed by atoms with E-state index in [1.807, 2.05) is 7.05 Å². The van der Waals surface area contributed by atoms with Gasteiger partial charge in [-0.1, -0.05) is 6.92 Å². The molecule has 21 heavy (non-hydrogen) atoms. The molecule has 1 aromatic carbocycles. The highest BCUT2D eigenvalue weighted by atomic mass is 79.9. The van der Waals surface area contributed by atoms with Gasteiger partial charge in [-0.15, -0.1) is 0 Å². The van der Waals surface area contributed by atoms with Crippen LogP contribution in [0.4, 0.5) is 11.4 Å². The van der Waals surface area contributed by atoms with Gasteiger partial charge in [0.1, 0.15) is 6.04 Å². The van der Waals surface area contributed by atoms with Gasteiger partial charge in [0.05, 0.1) is 5.69 Å². The number of hydrogen-bond donors (Lipinski definition) is 2. The van der Waals surface area contributed by atoms with Crippen LogP contribution >= 0.6 is 27.7 Å². The van der Waals surface area contributed by atoms with Crippen LogP contribution in [0, 0.1) is 0 Å². The van der Waals surface area contributed by atoms with E-state index in [0.717, 1.165) is 34.6 Å². The minimum Gasteiger partial charge on any atom is -0.369 e. The molecule has 0 saturated carbocycles. The first-order chi connectivity index (χ1) is 10.1. The molecule has 2 aliphatic heterocycles. The van der Waals surface area contributed by atoms with Crippen molar-refractivity contribution in [1.82, 2.24) is 5.32 Å². The highest BCUT2D eigenvalue weighted by Gasteiger charge is 2.31. The molecule has 0 aliphatic carbocycles. The second-order valence-electron chi connectivity index (χ2n) is 5.45. The predicted octanol–water partition coefficient (Wildman–Crippen LogP) is 2.99. The number of benzene rings is 1. The number of amides is 1. The molecule has 3 rings (SSSR count). The van der Waals surface area contributed by atoms with Crippen LogP contribution in [0.3, 0.4) is 0 Å². The van der Waals surface area contributed by atoms with Crippen molar-refractivity contribution in [3.63, 3.8) is 0 Å². The molecule has 1 amide bonds. The zero-order valence-corrected chi connectivity index (χ0v) is 14.7. The second-order valence-corrected chi connectivity index (χ2v) is 7.71. The van der Waals surface area contributed by atoms with Crippen molar-refractivity contribution in [2.24, 2.45) is 0 Å². The summed E-state index contributed by atoms with van der Waals surface area (Å²) in [6.45, 7) is 4.38. The zero-order chi connectivity index (χ0) is 15.0. The number of fused-ring (bicyclic) bond motifs is 1. The van der Waals surface area contributed by atoms with Crippen molar-refractivity contribution in [1.29, 1.82) is 0 Å². The lowest BCUT2D eigenvalue weighted by Crippen LogP contribution is -2.37. The number of rotatable bonds is 3. The summed E-state index contributed by atoms with van der Waals surface area (Å²) in [6, 6.07) is 3.94. The first kappa shape index (κ1) is 15.2. The molecule has 2 N–H and O–H groups in total. The minimum atomic E-state index is -0.245. The van der Waals surface area contributed by atoms with Gasteiger partial charge >= 0.3 is 0 Å². The summed E-state index contributed by atoms with van der Waals surface area (Å²) < 4.78 is 1.07. The highest BCUT2D eigenvalue weighted by molar-refractivity contribution is 9.10. The maximum absolute atomic E-state index is 12.0. The fourth-order valence-corrected chi connectivity index (χ4v) is 4.78. The van der Waals surface area contributed by atoms with Gasteiger partial charge in [0.25, 0.3) is 0 Å². The third kappa shape index (κ3) is 2.81.